The largest absolute Gasteiger partial charge is 0.616 e. The second-order valence-electron chi connectivity index (χ2n) is 7.99. The van der Waals surface area contributed by atoms with Crippen LogP contribution in [0, 0.1) is 0 Å². The van der Waals surface area contributed by atoms with Gasteiger partial charge in [0.15, 0.2) is 0 Å². The summed E-state index contributed by atoms with van der Waals surface area (Å²) in [6.45, 7) is 2.27. The molecule has 0 amide bonds. The standard InChI is InChI=1S/C23H25N3O2S/c1-16-8-9-21-22(25(16)2)11-10-20(23(21)28-19-6-4-3-5-7-19)17-12-24-26(13-17)18-14-29(27)15-18/h3-7,10-13,16,18H,8-9,14-15H2,1-2H3. The molecule has 3 heterocycles. The smallest absolute Gasteiger partial charge is 0.141 e. The fourth-order valence-corrected chi connectivity index (χ4v) is 5.20. The molecule has 2 aromatic carbocycles. The van der Waals surface area contributed by atoms with Crippen molar-refractivity contribution in [3.63, 3.8) is 0 Å². The molecule has 1 atom stereocenters. The third kappa shape index (κ3) is 3.40. The molecule has 1 fully saturated rings. The van der Waals surface area contributed by atoms with Gasteiger partial charge in [0.25, 0.3) is 0 Å². The maximum atomic E-state index is 11.5. The molecule has 0 N–H and O–H groups in total. The number of rotatable bonds is 4. The highest BCUT2D eigenvalue weighted by atomic mass is 32.2. The lowest BCUT2D eigenvalue weighted by Gasteiger charge is -2.35. The van der Waals surface area contributed by atoms with Crippen LogP contribution >= 0.6 is 0 Å². The van der Waals surface area contributed by atoms with Gasteiger partial charge < -0.3 is 14.2 Å². The number of para-hydroxylation sites is 1. The van der Waals surface area contributed by atoms with Gasteiger partial charge in [0.05, 0.1) is 6.20 Å². The van der Waals surface area contributed by atoms with E-state index in [0.717, 1.165) is 35.5 Å². The Morgan fingerprint density at radius 1 is 1.14 bits per heavy atom. The Bertz CT molecular complexity index is 1010. The fraction of sp³-hybridized carbons (Fsp3) is 0.348. The van der Waals surface area contributed by atoms with E-state index in [1.165, 1.54) is 11.3 Å². The van der Waals surface area contributed by atoms with E-state index in [-0.39, 0.29) is 6.04 Å². The van der Waals surface area contributed by atoms with E-state index in [1.54, 1.807) is 0 Å². The summed E-state index contributed by atoms with van der Waals surface area (Å²) in [5, 5.41) is 4.55. The van der Waals surface area contributed by atoms with Crippen molar-refractivity contribution in [2.24, 2.45) is 0 Å². The summed E-state index contributed by atoms with van der Waals surface area (Å²) in [5.41, 5.74) is 4.59. The van der Waals surface area contributed by atoms with Crippen LogP contribution in [0.25, 0.3) is 11.1 Å². The van der Waals surface area contributed by atoms with Gasteiger partial charge in [0.2, 0.25) is 0 Å². The van der Waals surface area contributed by atoms with Crippen molar-refractivity contribution in [1.29, 1.82) is 0 Å². The molecule has 0 spiro atoms. The lowest BCUT2D eigenvalue weighted by molar-refractivity contribution is 0.470. The normalized spacial score (nSPS) is 23.4. The highest BCUT2D eigenvalue weighted by Crippen LogP contribution is 2.44. The van der Waals surface area contributed by atoms with E-state index in [4.69, 9.17) is 4.74 Å². The lowest BCUT2D eigenvalue weighted by atomic mass is 9.93. The van der Waals surface area contributed by atoms with Crippen molar-refractivity contribution in [3.05, 3.63) is 60.4 Å². The van der Waals surface area contributed by atoms with E-state index >= 15 is 0 Å². The Morgan fingerprint density at radius 2 is 1.93 bits per heavy atom. The minimum absolute atomic E-state index is 0.243. The van der Waals surface area contributed by atoms with Gasteiger partial charge in [-0.15, -0.1) is 0 Å². The molecule has 5 rings (SSSR count). The number of aromatic nitrogens is 2. The molecular formula is C23H25N3O2S. The Kier molecular flexibility index (Phi) is 4.76. The number of anilines is 1. The fourth-order valence-electron chi connectivity index (χ4n) is 4.13. The van der Waals surface area contributed by atoms with E-state index in [1.807, 2.05) is 41.2 Å². The van der Waals surface area contributed by atoms with Crippen LogP contribution < -0.4 is 9.64 Å². The highest BCUT2D eigenvalue weighted by molar-refractivity contribution is 7.92. The van der Waals surface area contributed by atoms with Gasteiger partial charge in [0.1, 0.15) is 29.0 Å². The molecule has 6 heteroatoms. The number of hydrogen-bond donors (Lipinski definition) is 0. The monoisotopic (exact) mass is 407 g/mol. The van der Waals surface area contributed by atoms with E-state index in [0.29, 0.717) is 17.5 Å². The van der Waals surface area contributed by atoms with Gasteiger partial charge in [-0.3, -0.25) is 4.68 Å². The van der Waals surface area contributed by atoms with Crippen LogP contribution in [0.15, 0.2) is 54.9 Å². The Balaban J connectivity index is 1.57. The molecule has 150 valence electrons. The van der Waals surface area contributed by atoms with Crippen molar-refractivity contribution in [2.75, 3.05) is 23.5 Å². The summed E-state index contributed by atoms with van der Waals surface area (Å²) < 4.78 is 19.9. The van der Waals surface area contributed by atoms with Gasteiger partial charge in [-0.05, 0) is 55.2 Å². The van der Waals surface area contributed by atoms with Crippen molar-refractivity contribution >= 4 is 16.9 Å². The SMILES string of the molecule is CC1CCc2c(ccc(-c3cnn(C4C[S+]([O-])C4)c3)c2Oc2ccccc2)N1C. The van der Waals surface area contributed by atoms with E-state index in [9.17, 15) is 4.55 Å². The van der Waals surface area contributed by atoms with Crippen LogP contribution in [-0.4, -0.2) is 38.9 Å². The van der Waals surface area contributed by atoms with Crippen LogP contribution in [0.2, 0.25) is 0 Å². The summed E-state index contributed by atoms with van der Waals surface area (Å²) in [6, 6.07) is 15.1. The van der Waals surface area contributed by atoms with Gasteiger partial charge in [0, 0.05) is 41.7 Å². The second-order valence-corrected chi connectivity index (χ2v) is 9.54. The Morgan fingerprint density at radius 3 is 2.69 bits per heavy atom. The van der Waals surface area contributed by atoms with E-state index < -0.39 is 11.2 Å². The topological polar surface area (TPSA) is 53.4 Å². The zero-order chi connectivity index (χ0) is 20.0. The molecule has 29 heavy (non-hydrogen) atoms. The molecular weight excluding hydrogens is 382 g/mol. The average molecular weight is 408 g/mol. The van der Waals surface area contributed by atoms with Gasteiger partial charge in [-0.2, -0.15) is 5.10 Å². The zero-order valence-electron chi connectivity index (χ0n) is 16.7. The number of hydrogen-bond acceptors (Lipinski definition) is 4. The Labute approximate surface area is 174 Å². The maximum absolute atomic E-state index is 11.5. The highest BCUT2D eigenvalue weighted by Gasteiger charge is 2.34. The molecule has 1 saturated heterocycles. The first-order valence-corrected chi connectivity index (χ1v) is 11.6. The molecule has 3 aromatic rings. The maximum Gasteiger partial charge on any atom is 0.141 e. The summed E-state index contributed by atoms with van der Waals surface area (Å²) in [7, 11) is 2.16. The number of fused-ring (bicyclic) bond motifs is 1. The summed E-state index contributed by atoms with van der Waals surface area (Å²) in [6.07, 6.45) is 6.06. The minimum atomic E-state index is -0.689. The molecule has 1 aromatic heterocycles. The minimum Gasteiger partial charge on any atom is -0.616 e. The molecule has 0 bridgehead atoms. The second kappa shape index (κ2) is 7.43. The first-order valence-electron chi connectivity index (χ1n) is 10.1. The molecule has 0 radical (unpaired) electrons. The van der Waals surface area contributed by atoms with Gasteiger partial charge in [-0.1, -0.05) is 18.2 Å². The van der Waals surface area contributed by atoms with Crippen molar-refractivity contribution in [1.82, 2.24) is 9.78 Å². The summed E-state index contributed by atoms with van der Waals surface area (Å²) in [5.74, 6) is 3.15. The van der Waals surface area contributed by atoms with Crippen molar-refractivity contribution in [3.8, 4) is 22.6 Å². The van der Waals surface area contributed by atoms with Crippen LogP contribution in [0.4, 0.5) is 5.69 Å². The van der Waals surface area contributed by atoms with E-state index in [2.05, 4.69) is 42.3 Å². The van der Waals surface area contributed by atoms with Crippen LogP contribution in [0.1, 0.15) is 24.9 Å². The van der Waals surface area contributed by atoms with Crippen LogP contribution in [0.3, 0.4) is 0 Å². The first-order chi connectivity index (χ1) is 14.1. The lowest BCUT2D eigenvalue weighted by Crippen LogP contribution is -2.38. The summed E-state index contributed by atoms with van der Waals surface area (Å²) >= 11 is -0.689. The average Bonchev–Trinajstić information content (AvgIpc) is 3.19. The molecule has 1 unspecified atom stereocenters. The van der Waals surface area contributed by atoms with Crippen molar-refractivity contribution in [2.45, 2.75) is 31.8 Å². The molecule has 5 nitrogen and oxygen atoms in total. The zero-order valence-corrected chi connectivity index (χ0v) is 17.6. The predicted octanol–water partition coefficient (Wildman–Crippen LogP) is 4.42. The number of benzene rings is 2. The quantitative estimate of drug-likeness (QED) is 0.601. The van der Waals surface area contributed by atoms with Crippen molar-refractivity contribution < 1.29 is 9.29 Å². The molecule has 0 saturated carbocycles. The molecule has 2 aliphatic rings. The Hall–Kier alpha value is -2.44. The summed E-state index contributed by atoms with van der Waals surface area (Å²) in [4.78, 5) is 2.34. The molecule has 0 aliphatic carbocycles. The third-order valence-electron chi connectivity index (χ3n) is 6.10. The molecule has 2 aliphatic heterocycles. The van der Waals surface area contributed by atoms with Crippen LogP contribution in [-0.2, 0) is 17.6 Å². The number of ether oxygens (including phenoxy) is 1. The van der Waals surface area contributed by atoms with Gasteiger partial charge >= 0.3 is 0 Å². The predicted molar refractivity (Wildman–Crippen MR) is 117 cm³/mol. The van der Waals surface area contributed by atoms with Crippen LogP contribution in [0.5, 0.6) is 11.5 Å². The third-order valence-corrected chi connectivity index (χ3v) is 7.61. The first kappa shape index (κ1) is 18.6. The van der Waals surface area contributed by atoms with Gasteiger partial charge in [-0.25, -0.2) is 0 Å². The number of nitrogens with zero attached hydrogens (tertiary/aromatic N) is 3.